The zero-order chi connectivity index (χ0) is 23.1. The molecular formula is C21H20N4O5S2. The third-order valence-corrected chi connectivity index (χ3v) is 6.11. The van der Waals surface area contributed by atoms with E-state index in [4.69, 9.17) is 9.47 Å². The van der Waals surface area contributed by atoms with E-state index in [0.29, 0.717) is 37.8 Å². The summed E-state index contributed by atoms with van der Waals surface area (Å²) in [5.41, 5.74) is 1.52. The topological polar surface area (TPSA) is 120 Å². The molecule has 32 heavy (non-hydrogen) atoms. The average Bonchev–Trinajstić information content (AvgIpc) is 3.24. The molecule has 2 amide bonds. The van der Waals surface area contributed by atoms with Crippen molar-refractivity contribution in [2.75, 3.05) is 30.6 Å². The minimum atomic E-state index is -0.387. The second-order valence-corrected chi connectivity index (χ2v) is 8.60. The first kappa shape index (κ1) is 23.2. The maximum Gasteiger partial charge on any atom is 0.257 e. The smallest absolute Gasteiger partial charge is 0.257 e. The number of hydrogen-bond acceptors (Lipinski definition) is 9. The van der Waals surface area contributed by atoms with Crippen molar-refractivity contribution in [2.24, 2.45) is 0 Å². The van der Waals surface area contributed by atoms with Gasteiger partial charge in [-0.15, -0.1) is 10.2 Å². The summed E-state index contributed by atoms with van der Waals surface area (Å²) in [7, 11) is 3.00. The Balaban J connectivity index is 1.54. The van der Waals surface area contributed by atoms with Crippen molar-refractivity contribution in [1.29, 1.82) is 0 Å². The van der Waals surface area contributed by atoms with E-state index in [1.807, 2.05) is 0 Å². The van der Waals surface area contributed by atoms with Crippen molar-refractivity contribution in [3.05, 3.63) is 53.6 Å². The van der Waals surface area contributed by atoms with Gasteiger partial charge in [0.2, 0.25) is 11.0 Å². The molecule has 3 aromatic rings. The number of rotatable bonds is 9. The minimum Gasteiger partial charge on any atom is -0.497 e. The second-order valence-electron chi connectivity index (χ2n) is 6.40. The molecule has 0 saturated carbocycles. The third kappa shape index (κ3) is 6.28. The zero-order valence-electron chi connectivity index (χ0n) is 17.5. The molecule has 1 heterocycles. The van der Waals surface area contributed by atoms with Gasteiger partial charge in [0, 0.05) is 22.9 Å². The number of nitrogens with zero attached hydrogens (tertiary/aromatic N) is 2. The summed E-state index contributed by atoms with van der Waals surface area (Å²) >= 11 is 2.36. The first-order chi connectivity index (χ1) is 15.4. The first-order valence-electron chi connectivity index (χ1n) is 9.29. The van der Waals surface area contributed by atoms with Crippen LogP contribution in [0.3, 0.4) is 0 Å². The first-order valence-corrected chi connectivity index (χ1v) is 11.1. The Kier molecular flexibility index (Phi) is 7.79. The Bertz CT molecular complexity index is 1110. The van der Waals surface area contributed by atoms with Gasteiger partial charge in [-0.2, -0.15) is 0 Å². The van der Waals surface area contributed by atoms with E-state index in [1.165, 1.54) is 32.9 Å². The SMILES string of the molecule is COc1cc(OC)cc(C(=O)Nc2nnc(SCC(=O)Nc3ccc(C(C)=O)cc3)s2)c1. The summed E-state index contributed by atoms with van der Waals surface area (Å²) in [5.74, 6) is 0.443. The van der Waals surface area contributed by atoms with E-state index in [1.54, 1.807) is 42.5 Å². The maximum atomic E-state index is 12.5. The van der Waals surface area contributed by atoms with Gasteiger partial charge in [0.1, 0.15) is 11.5 Å². The molecule has 3 rings (SSSR count). The van der Waals surface area contributed by atoms with Gasteiger partial charge in [0.25, 0.3) is 5.91 Å². The van der Waals surface area contributed by atoms with E-state index in [2.05, 4.69) is 20.8 Å². The molecule has 0 unspecified atom stereocenters. The van der Waals surface area contributed by atoms with Crippen molar-refractivity contribution in [1.82, 2.24) is 10.2 Å². The highest BCUT2D eigenvalue weighted by Crippen LogP contribution is 2.27. The van der Waals surface area contributed by atoms with Crippen LogP contribution < -0.4 is 20.1 Å². The molecule has 0 aliphatic heterocycles. The number of Topliss-reactive ketones (excluding diaryl/α,β-unsaturated/α-hetero) is 1. The largest absolute Gasteiger partial charge is 0.497 e. The van der Waals surface area contributed by atoms with Crippen LogP contribution in [0.2, 0.25) is 0 Å². The van der Waals surface area contributed by atoms with Gasteiger partial charge in [-0.05, 0) is 43.3 Å². The normalized spacial score (nSPS) is 10.3. The van der Waals surface area contributed by atoms with Gasteiger partial charge in [-0.1, -0.05) is 23.1 Å². The lowest BCUT2D eigenvalue weighted by molar-refractivity contribution is -0.113. The molecule has 0 fully saturated rings. The van der Waals surface area contributed by atoms with Crippen LogP contribution in [0, 0.1) is 0 Å². The van der Waals surface area contributed by atoms with Crippen LogP contribution in [-0.4, -0.2) is 47.8 Å². The van der Waals surface area contributed by atoms with E-state index in [0.717, 1.165) is 11.3 Å². The van der Waals surface area contributed by atoms with Gasteiger partial charge in [-0.3, -0.25) is 19.7 Å². The van der Waals surface area contributed by atoms with Crippen molar-refractivity contribution in [3.8, 4) is 11.5 Å². The van der Waals surface area contributed by atoms with Crippen LogP contribution in [0.1, 0.15) is 27.6 Å². The number of aromatic nitrogens is 2. The molecule has 1 aromatic heterocycles. The van der Waals surface area contributed by atoms with Gasteiger partial charge in [-0.25, -0.2) is 0 Å². The van der Waals surface area contributed by atoms with Gasteiger partial charge >= 0.3 is 0 Å². The molecule has 9 nitrogen and oxygen atoms in total. The van der Waals surface area contributed by atoms with Crippen LogP contribution in [0.4, 0.5) is 10.8 Å². The Morgan fingerprint density at radius 2 is 1.59 bits per heavy atom. The quantitative estimate of drug-likeness (QED) is 0.275. The number of hydrogen-bond donors (Lipinski definition) is 2. The highest BCUT2D eigenvalue weighted by atomic mass is 32.2. The molecule has 2 aromatic carbocycles. The summed E-state index contributed by atoms with van der Waals surface area (Å²) in [5, 5.41) is 13.7. The number of carbonyl (C=O) groups excluding carboxylic acids is 3. The lowest BCUT2D eigenvalue weighted by Gasteiger charge is -2.07. The second kappa shape index (κ2) is 10.7. The number of carbonyl (C=O) groups is 3. The van der Waals surface area contributed by atoms with Crippen molar-refractivity contribution >= 4 is 51.5 Å². The number of ketones is 1. The van der Waals surface area contributed by atoms with Crippen LogP contribution >= 0.6 is 23.1 Å². The van der Waals surface area contributed by atoms with Crippen molar-refractivity contribution in [3.63, 3.8) is 0 Å². The minimum absolute atomic E-state index is 0.0388. The maximum absolute atomic E-state index is 12.5. The van der Waals surface area contributed by atoms with Crippen LogP contribution in [0.5, 0.6) is 11.5 Å². The average molecular weight is 473 g/mol. The molecule has 0 saturated heterocycles. The molecule has 166 valence electrons. The number of amides is 2. The molecule has 0 aliphatic rings. The van der Waals surface area contributed by atoms with Crippen LogP contribution in [-0.2, 0) is 4.79 Å². The fourth-order valence-corrected chi connectivity index (χ4v) is 4.09. The summed E-state index contributed by atoms with van der Waals surface area (Å²) in [6.45, 7) is 1.48. The molecule has 0 atom stereocenters. The van der Waals surface area contributed by atoms with Crippen molar-refractivity contribution in [2.45, 2.75) is 11.3 Å². The van der Waals surface area contributed by atoms with Crippen LogP contribution in [0.25, 0.3) is 0 Å². The summed E-state index contributed by atoms with van der Waals surface area (Å²) in [6.07, 6.45) is 0. The highest BCUT2D eigenvalue weighted by Gasteiger charge is 2.14. The lowest BCUT2D eigenvalue weighted by atomic mass is 10.1. The molecule has 11 heteroatoms. The van der Waals surface area contributed by atoms with Crippen molar-refractivity contribution < 1.29 is 23.9 Å². The molecule has 2 N–H and O–H groups in total. The Hall–Kier alpha value is -3.44. The number of benzene rings is 2. The van der Waals surface area contributed by atoms with Crippen LogP contribution in [0.15, 0.2) is 46.8 Å². The molecule has 0 bridgehead atoms. The van der Waals surface area contributed by atoms with E-state index >= 15 is 0 Å². The Morgan fingerprint density at radius 1 is 0.938 bits per heavy atom. The highest BCUT2D eigenvalue weighted by molar-refractivity contribution is 8.01. The lowest BCUT2D eigenvalue weighted by Crippen LogP contribution is -2.14. The number of anilines is 2. The van der Waals surface area contributed by atoms with Gasteiger partial charge in [0.15, 0.2) is 10.1 Å². The number of methoxy groups -OCH3 is 2. The monoisotopic (exact) mass is 472 g/mol. The standard InChI is InChI=1S/C21H20N4O5S2/c1-12(26)13-4-6-15(7-5-13)22-18(27)11-31-21-25-24-20(32-21)23-19(28)14-8-16(29-2)10-17(9-14)30-3/h4-10H,11H2,1-3H3,(H,22,27)(H,23,24,28). The zero-order valence-corrected chi connectivity index (χ0v) is 19.1. The summed E-state index contributed by atoms with van der Waals surface area (Å²) < 4.78 is 10.9. The number of nitrogens with one attached hydrogen (secondary N) is 2. The number of thioether (sulfide) groups is 1. The number of ether oxygens (including phenoxy) is 2. The van der Waals surface area contributed by atoms with E-state index in [9.17, 15) is 14.4 Å². The molecule has 0 aliphatic carbocycles. The Morgan fingerprint density at radius 3 is 2.19 bits per heavy atom. The fraction of sp³-hybridized carbons (Fsp3) is 0.190. The summed E-state index contributed by atoms with van der Waals surface area (Å²) in [4.78, 5) is 36.0. The molecule has 0 radical (unpaired) electrons. The predicted octanol–water partition coefficient (Wildman–Crippen LogP) is 3.74. The summed E-state index contributed by atoms with van der Waals surface area (Å²) in [6, 6.07) is 11.5. The van der Waals surface area contributed by atoms with E-state index in [-0.39, 0.29) is 23.4 Å². The van der Waals surface area contributed by atoms with Gasteiger partial charge in [0.05, 0.1) is 20.0 Å². The van der Waals surface area contributed by atoms with Gasteiger partial charge < -0.3 is 14.8 Å². The third-order valence-electron chi connectivity index (χ3n) is 4.14. The molecule has 0 spiro atoms. The Labute approximate surface area is 192 Å². The molecular weight excluding hydrogens is 452 g/mol. The fourth-order valence-electron chi connectivity index (χ4n) is 2.54. The van der Waals surface area contributed by atoms with E-state index < -0.39 is 0 Å². The predicted molar refractivity (Wildman–Crippen MR) is 123 cm³/mol.